The second-order valence-electron chi connectivity index (χ2n) is 2.99. The zero-order chi connectivity index (χ0) is 11.7. The van der Waals surface area contributed by atoms with Crippen LogP contribution in [0.1, 0.15) is 0 Å². The molecule has 0 unspecified atom stereocenters. The maximum Gasteiger partial charge on any atom is 0.279 e. The Morgan fingerprint density at radius 1 is 1.50 bits per heavy atom. The molecule has 1 heterocycles. The molecule has 0 bridgehead atoms. The number of halogens is 1. The van der Waals surface area contributed by atoms with E-state index in [2.05, 4.69) is 20.9 Å². The minimum atomic E-state index is -0.435. The molecule has 2 N–H and O–H groups in total. The number of nitrogens with zero attached hydrogens (tertiary/aromatic N) is 2. The number of nitro groups is 1. The maximum atomic E-state index is 10.9. The predicted octanol–water partition coefficient (Wildman–Crippen LogP) is 3.06. The number of thiazole rings is 1. The molecule has 0 aliphatic heterocycles. The van der Waals surface area contributed by atoms with E-state index in [4.69, 9.17) is 5.73 Å². The first-order chi connectivity index (χ1) is 7.58. The van der Waals surface area contributed by atoms with Crippen LogP contribution in [-0.2, 0) is 0 Å². The lowest BCUT2D eigenvalue weighted by Gasteiger charge is -1.99. The Kier molecular flexibility index (Phi) is 2.88. The molecule has 0 atom stereocenters. The zero-order valence-electron chi connectivity index (χ0n) is 7.88. The van der Waals surface area contributed by atoms with E-state index >= 15 is 0 Å². The molecule has 2 rings (SSSR count). The highest BCUT2D eigenvalue weighted by Gasteiger charge is 2.17. The van der Waals surface area contributed by atoms with Gasteiger partial charge in [-0.2, -0.15) is 0 Å². The highest BCUT2D eigenvalue weighted by Crippen LogP contribution is 2.33. The number of anilines is 1. The summed E-state index contributed by atoms with van der Waals surface area (Å²) in [6.45, 7) is 0. The van der Waals surface area contributed by atoms with E-state index in [9.17, 15) is 10.1 Å². The Labute approximate surface area is 103 Å². The van der Waals surface area contributed by atoms with Crippen molar-refractivity contribution in [3.8, 4) is 11.3 Å². The van der Waals surface area contributed by atoms with Crippen LogP contribution in [0.3, 0.4) is 0 Å². The summed E-state index contributed by atoms with van der Waals surface area (Å²) in [5.41, 5.74) is 6.52. The predicted molar refractivity (Wildman–Crippen MR) is 66.3 cm³/mol. The van der Waals surface area contributed by atoms with Crippen molar-refractivity contribution in [3.63, 3.8) is 0 Å². The zero-order valence-corrected chi connectivity index (χ0v) is 10.3. The molecule has 1 aromatic carbocycles. The minimum absolute atomic E-state index is 0.0136. The standard InChI is InChI=1S/C9H6BrN3O2S/c10-5-1-2-6(8(3-5)13(14)15)7-4-16-9(11)12-7/h1-4H,(H2,11,12). The van der Waals surface area contributed by atoms with Gasteiger partial charge in [-0.25, -0.2) is 4.98 Å². The van der Waals surface area contributed by atoms with Crippen LogP contribution in [0.5, 0.6) is 0 Å². The van der Waals surface area contributed by atoms with E-state index in [0.717, 1.165) is 0 Å². The fourth-order valence-electron chi connectivity index (χ4n) is 1.28. The summed E-state index contributed by atoms with van der Waals surface area (Å²) in [5, 5.41) is 13.0. The van der Waals surface area contributed by atoms with Gasteiger partial charge in [-0.15, -0.1) is 11.3 Å². The van der Waals surface area contributed by atoms with Crippen LogP contribution >= 0.6 is 27.3 Å². The minimum Gasteiger partial charge on any atom is -0.375 e. The van der Waals surface area contributed by atoms with Crippen molar-refractivity contribution in [2.45, 2.75) is 0 Å². The third kappa shape index (κ3) is 2.05. The molecule has 0 aliphatic rings. The van der Waals surface area contributed by atoms with Gasteiger partial charge in [-0.1, -0.05) is 15.9 Å². The van der Waals surface area contributed by atoms with Crippen LogP contribution in [0.25, 0.3) is 11.3 Å². The first-order valence-electron chi connectivity index (χ1n) is 4.23. The summed E-state index contributed by atoms with van der Waals surface area (Å²) in [5.74, 6) is 0. The van der Waals surface area contributed by atoms with Crippen molar-refractivity contribution in [2.24, 2.45) is 0 Å². The first-order valence-corrected chi connectivity index (χ1v) is 5.90. The quantitative estimate of drug-likeness (QED) is 0.682. The molecule has 0 radical (unpaired) electrons. The second-order valence-corrected chi connectivity index (χ2v) is 4.79. The number of nitrogen functional groups attached to an aromatic ring is 1. The van der Waals surface area contributed by atoms with Gasteiger partial charge in [-0.05, 0) is 12.1 Å². The fourth-order valence-corrected chi connectivity index (χ4v) is 2.20. The second kappa shape index (κ2) is 4.18. The number of nitrogens with two attached hydrogens (primary N) is 1. The van der Waals surface area contributed by atoms with Gasteiger partial charge in [0.2, 0.25) is 0 Å². The number of hydrogen-bond donors (Lipinski definition) is 1. The molecular formula is C9H6BrN3O2S. The Morgan fingerprint density at radius 3 is 2.81 bits per heavy atom. The normalized spacial score (nSPS) is 10.3. The number of rotatable bonds is 2. The van der Waals surface area contributed by atoms with Crippen molar-refractivity contribution in [1.82, 2.24) is 4.98 Å². The molecule has 1 aromatic heterocycles. The smallest absolute Gasteiger partial charge is 0.279 e. The summed E-state index contributed by atoms with van der Waals surface area (Å²) in [6.07, 6.45) is 0. The van der Waals surface area contributed by atoms with Crippen molar-refractivity contribution in [2.75, 3.05) is 5.73 Å². The number of hydrogen-bond acceptors (Lipinski definition) is 5. The average Bonchev–Trinajstić information content (AvgIpc) is 2.64. The van der Waals surface area contributed by atoms with E-state index in [1.807, 2.05) is 0 Å². The molecule has 0 spiro atoms. The third-order valence-corrected chi connectivity index (χ3v) is 3.12. The van der Waals surface area contributed by atoms with Gasteiger partial charge in [-0.3, -0.25) is 10.1 Å². The van der Waals surface area contributed by atoms with Crippen LogP contribution in [0.4, 0.5) is 10.8 Å². The molecule has 0 aliphatic carbocycles. The van der Waals surface area contributed by atoms with Crippen LogP contribution in [-0.4, -0.2) is 9.91 Å². The highest BCUT2D eigenvalue weighted by molar-refractivity contribution is 9.10. The summed E-state index contributed by atoms with van der Waals surface area (Å²) >= 11 is 4.45. The summed E-state index contributed by atoms with van der Waals surface area (Å²) in [7, 11) is 0. The number of benzene rings is 1. The Hall–Kier alpha value is -1.47. The van der Waals surface area contributed by atoms with Gasteiger partial charge >= 0.3 is 0 Å². The van der Waals surface area contributed by atoms with Crippen molar-refractivity contribution < 1.29 is 4.92 Å². The molecule has 0 amide bonds. The van der Waals surface area contributed by atoms with E-state index in [1.165, 1.54) is 17.4 Å². The van der Waals surface area contributed by atoms with E-state index in [1.54, 1.807) is 17.5 Å². The van der Waals surface area contributed by atoms with Gasteiger partial charge in [0, 0.05) is 15.9 Å². The van der Waals surface area contributed by atoms with E-state index in [0.29, 0.717) is 20.9 Å². The Balaban J connectivity index is 2.60. The van der Waals surface area contributed by atoms with Crippen molar-refractivity contribution >= 4 is 38.1 Å². The van der Waals surface area contributed by atoms with Gasteiger partial charge in [0.25, 0.3) is 5.69 Å². The van der Waals surface area contributed by atoms with E-state index < -0.39 is 4.92 Å². The molecule has 0 saturated heterocycles. The van der Waals surface area contributed by atoms with Gasteiger partial charge in [0.1, 0.15) is 0 Å². The van der Waals surface area contributed by atoms with Gasteiger partial charge in [0.05, 0.1) is 16.2 Å². The summed E-state index contributed by atoms with van der Waals surface area (Å²) < 4.78 is 0.658. The fraction of sp³-hybridized carbons (Fsp3) is 0. The van der Waals surface area contributed by atoms with Crippen molar-refractivity contribution in [3.05, 3.63) is 38.2 Å². The molecule has 2 aromatic rings. The molecule has 82 valence electrons. The molecule has 0 saturated carbocycles. The SMILES string of the molecule is Nc1nc(-c2ccc(Br)cc2[N+](=O)[O-])cs1. The summed E-state index contributed by atoms with van der Waals surface area (Å²) in [6, 6.07) is 4.83. The Bertz CT molecular complexity index is 555. The van der Waals surface area contributed by atoms with Gasteiger partial charge < -0.3 is 5.73 Å². The number of aromatic nitrogens is 1. The molecular weight excluding hydrogens is 294 g/mol. The van der Waals surface area contributed by atoms with Crippen molar-refractivity contribution in [1.29, 1.82) is 0 Å². The van der Waals surface area contributed by atoms with Crippen LogP contribution in [0.15, 0.2) is 28.1 Å². The van der Waals surface area contributed by atoms with Crippen LogP contribution < -0.4 is 5.73 Å². The first kappa shape index (κ1) is 11.0. The average molecular weight is 300 g/mol. The molecule has 0 fully saturated rings. The largest absolute Gasteiger partial charge is 0.375 e. The lowest BCUT2D eigenvalue weighted by atomic mass is 10.1. The van der Waals surface area contributed by atoms with Crippen LogP contribution in [0.2, 0.25) is 0 Å². The Morgan fingerprint density at radius 2 is 2.25 bits per heavy atom. The number of nitro benzene ring substituents is 1. The summed E-state index contributed by atoms with van der Waals surface area (Å²) in [4.78, 5) is 14.5. The maximum absolute atomic E-state index is 10.9. The lowest BCUT2D eigenvalue weighted by molar-refractivity contribution is -0.384. The highest BCUT2D eigenvalue weighted by atomic mass is 79.9. The monoisotopic (exact) mass is 299 g/mol. The molecule has 5 nitrogen and oxygen atoms in total. The molecule has 7 heteroatoms. The topological polar surface area (TPSA) is 82.0 Å². The lowest BCUT2D eigenvalue weighted by Crippen LogP contribution is -1.92. The molecule has 16 heavy (non-hydrogen) atoms. The third-order valence-electron chi connectivity index (χ3n) is 1.95. The van der Waals surface area contributed by atoms with E-state index in [-0.39, 0.29) is 5.69 Å². The van der Waals surface area contributed by atoms with Gasteiger partial charge in [0.15, 0.2) is 5.13 Å². The van der Waals surface area contributed by atoms with Crippen LogP contribution in [0, 0.1) is 10.1 Å².